The highest BCUT2D eigenvalue weighted by Gasteiger charge is 2.12. The third-order valence-corrected chi connectivity index (χ3v) is 4.02. The quantitative estimate of drug-likeness (QED) is 0.648. The maximum absolute atomic E-state index is 11.5. The molecule has 3 N–H and O–H groups in total. The number of methoxy groups -OCH3 is 1. The van der Waals surface area contributed by atoms with Gasteiger partial charge in [0.2, 0.25) is 11.8 Å². The van der Waals surface area contributed by atoms with Gasteiger partial charge < -0.3 is 20.1 Å². The summed E-state index contributed by atoms with van der Waals surface area (Å²) in [7, 11) is 1.53. The van der Waals surface area contributed by atoms with Gasteiger partial charge in [0.05, 0.1) is 36.8 Å². The number of aliphatic hydroxyl groups excluding tert-OH is 1. The van der Waals surface area contributed by atoms with Crippen molar-refractivity contribution in [3.8, 4) is 17.1 Å². The molecule has 0 bridgehead atoms. The molecule has 3 rings (SSSR count). The second kappa shape index (κ2) is 7.08. The van der Waals surface area contributed by atoms with Gasteiger partial charge in [-0.05, 0) is 25.1 Å². The maximum atomic E-state index is 11.5. The van der Waals surface area contributed by atoms with Gasteiger partial charge in [-0.3, -0.25) is 4.79 Å². The van der Waals surface area contributed by atoms with Crippen LogP contribution in [0.2, 0.25) is 5.02 Å². The molecule has 3 aromatic rings. The van der Waals surface area contributed by atoms with Gasteiger partial charge in [0.25, 0.3) is 0 Å². The Morgan fingerprint density at radius 3 is 2.80 bits per heavy atom. The minimum atomic E-state index is -1.04. The third kappa shape index (κ3) is 3.72. The molecule has 0 aliphatic heterocycles. The summed E-state index contributed by atoms with van der Waals surface area (Å²) in [5.74, 6) is 0.00264. The minimum absolute atomic E-state index is 0.285. The largest absolute Gasteiger partial charge is 0.480 e. The van der Waals surface area contributed by atoms with E-state index in [1.807, 2.05) is 18.2 Å². The van der Waals surface area contributed by atoms with E-state index in [1.165, 1.54) is 20.2 Å². The first-order valence-electron chi connectivity index (χ1n) is 7.61. The topological polar surface area (TPSA) is 100 Å². The Bertz CT molecular complexity index is 906. The number of benzene rings is 1. The summed E-state index contributed by atoms with van der Waals surface area (Å²) in [5.41, 5.74) is 3.04. The van der Waals surface area contributed by atoms with Crippen LogP contribution in [0.15, 0.2) is 30.6 Å². The number of aromatic nitrogens is 3. The maximum Gasteiger partial charge on any atom is 0.248 e. The van der Waals surface area contributed by atoms with Crippen molar-refractivity contribution < 1.29 is 14.6 Å². The monoisotopic (exact) mass is 360 g/mol. The van der Waals surface area contributed by atoms with E-state index in [9.17, 15) is 9.90 Å². The van der Waals surface area contributed by atoms with E-state index in [-0.39, 0.29) is 6.54 Å². The number of hydrogen-bond donors (Lipinski definition) is 3. The molecule has 1 atom stereocenters. The summed E-state index contributed by atoms with van der Waals surface area (Å²) in [6.07, 6.45) is 2.08. The van der Waals surface area contributed by atoms with Crippen LogP contribution in [0.3, 0.4) is 0 Å². The van der Waals surface area contributed by atoms with Crippen molar-refractivity contribution in [1.82, 2.24) is 20.3 Å². The number of ether oxygens (including phenoxy) is 1. The Kier molecular flexibility index (Phi) is 4.87. The number of hydrogen-bond acceptors (Lipinski definition) is 5. The van der Waals surface area contributed by atoms with Crippen molar-refractivity contribution in [3.63, 3.8) is 0 Å². The normalized spacial score (nSPS) is 12.2. The number of carbonyl (C=O) groups excluding carboxylic acids is 1. The Morgan fingerprint density at radius 1 is 1.36 bits per heavy atom. The van der Waals surface area contributed by atoms with Gasteiger partial charge in [0.1, 0.15) is 6.10 Å². The Balaban J connectivity index is 1.89. The molecule has 0 unspecified atom stereocenters. The molecule has 0 spiro atoms. The zero-order valence-electron chi connectivity index (χ0n) is 13.7. The molecule has 0 radical (unpaired) electrons. The molecule has 25 heavy (non-hydrogen) atoms. The fraction of sp³-hybridized carbons (Fsp3) is 0.235. The first-order valence-corrected chi connectivity index (χ1v) is 7.99. The van der Waals surface area contributed by atoms with Gasteiger partial charge in [0.15, 0.2) is 0 Å². The lowest BCUT2D eigenvalue weighted by molar-refractivity contribution is -0.128. The molecule has 0 saturated carbocycles. The van der Waals surface area contributed by atoms with Gasteiger partial charge in [0, 0.05) is 22.2 Å². The van der Waals surface area contributed by atoms with Crippen molar-refractivity contribution in [2.75, 3.05) is 7.11 Å². The molecule has 7 nitrogen and oxygen atoms in total. The lowest BCUT2D eigenvalue weighted by atomic mass is 10.1. The highest BCUT2D eigenvalue weighted by molar-refractivity contribution is 6.34. The predicted octanol–water partition coefficient (Wildman–Crippen LogP) is 2.28. The minimum Gasteiger partial charge on any atom is -0.480 e. The molecule has 1 amide bonds. The number of rotatable bonds is 5. The number of aliphatic hydroxyl groups is 1. The van der Waals surface area contributed by atoms with E-state index in [0.717, 1.165) is 22.2 Å². The van der Waals surface area contributed by atoms with Crippen LogP contribution in [0.4, 0.5) is 0 Å². The van der Waals surface area contributed by atoms with E-state index < -0.39 is 12.0 Å². The number of amides is 1. The molecule has 2 aromatic heterocycles. The summed E-state index contributed by atoms with van der Waals surface area (Å²) in [5, 5.41) is 13.3. The van der Waals surface area contributed by atoms with Crippen LogP contribution >= 0.6 is 11.6 Å². The third-order valence-electron chi connectivity index (χ3n) is 3.71. The van der Waals surface area contributed by atoms with Gasteiger partial charge >= 0.3 is 0 Å². The SMILES string of the molecule is COc1cnc(-c2cc3[nH]c(CNC(=O)[C@H](C)O)cc3cc2Cl)cn1. The predicted molar refractivity (Wildman–Crippen MR) is 94.4 cm³/mol. The molecule has 0 saturated heterocycles. The summed E-state index contributed by atoms with van der Waals surface area (Å²) in [6.45, 7) is 1.70. The molecule has 2 heterocycles. The standard InChI is InChI=1S/C17H17ClN4O3/c1-9(23)17(24)21-6-11-3-10-4-13(18)12(5-14(10)22-11)15-7-20-16(25-2)8-19-15/h3-5,7-9,22-23H,6H2,1-2H3,(H,21,24)/t9-/m0/s1. The fourth-order valence-corrected chi connectivity index (χ4v) is 2.66. The van der Waals surface area contributed by atoms with Crippen molar-refractivity contribution >= 4 is 28.4 Å². The number of aromatic amines is 1. The van der Waals surface area contributed by atoms with Crippen molar-refractivity contribution in [1.29, 1.82) is 0 Å². The van der Waals surface area contributed by atoms with Crippen LogP contribution < -0.4 is 10.1 Å². The van der Waals surface area contributed by atoms with Gasteiger partial charge in [-0.2, -0.15) is 0 Å². The second-order valence-electron chi connectivity index (χ2n) is 5.55. The van der Waals surface area contributed by atoms with E-state index in [2.05, 4.69) is 20.3 Å². The fourth-order valence-electron chi connectivity index (χ4n) is 2.40. The van der Waals surface area contributed by atoms with Crippen LogP contribution in [0, 0.1) is 0 Å². The van der Waals surface area contributed by atoms with Gasteiger partial charge in [-0.15, -0.1) is 0 Å². The second-order valence-corrected chi connectivity index (χ2v) is 5.96. The highest BCUT2D eigenvalue weighted by Crippen LogP contribution is 2.31. The van der Waals surface area contributed by atoms with Crippen molar-refractivity contribution in [2.45, 2.75) is 19.6 Å². The van der Waals surface area contributed by atoms with E-state index >= 15 is 0 Å². The van der Waals surface area contributed by atoms with Crippen LogP contribution in [0.5, 0.6) is 5.88 Å². The van der Waals surface area contributed by atoms with Crippen LogP contribution in [0.1, 0.15) is 12.6 Å². The molecule has 1 aromatic carbocycles. The number of H-pyrrole nitrogens is 1. The molecule has 130 valence electrons. The van der Waals surface area contributed by atoms with E-state index in [1.54, 1.807) is 6.20 Å². The Labute approximate surface area is 149 Å². The lowest BCUT2D eigenvalue weighted by Gasteiger charge is -2.05. The van der Waals surface area contributed by atoms with Gasteiger partial charge in [-0.25, -0.2) is 9.97 Å². The number of carbonyl (C=O) groups is 1. The molecule has 0 aliphatic carbocycles. The zero-order valence-corrected chi connectivity index (χ0v) is 14.5. The summed E-state index contributed by atoms with van der Waals surface area (Å²) in [4.78, 5) is 23.1. The summed E-state index contributed by atoms with van der Waals surface area (Å²) >= 11 is 6.37. The molecule has 8 heteroatoms. The van der Waals surface area contributed by atoms with Crippen LogP contribution in [0.25, 0.3) is 22.2 Å². The highest BCUT2D eigenvalue weighted by atomic mass is 35.5. The first kappa shape index (κ1) is 17.2. The van der Waals surface area contributed by atoms with Crippen LogP contribution in [-0.4, -0.2) is 39.2 Å². The summed E-state index contributed by atoms with van der Waals surface area (Å²) in [6, 6.07) is 5.61. The Hall–Kier alpha value is -2.64. The number of nitrogens with zero attached hydrogens (tertiary/aromatic N) is 2. The van der Waals surface area contributed by atoms with E-state index in [0.29, 0.717) is 16.6 Å². The number of nitrogens with one attached hydrogen (secondary N) is 2. The molecular formula is C17H17ClN4O3. The van der Waals surface area contributed by atoms with Crippen molar-refractivity contribution in [3.05, 3.63) is 41.3 Å². The average Bonchev–Trinajstić information content (AvgIpc) is 3.00. The number of halogens is 1. The lowest BCUT2D eigenvalue weighted by Crippen LogP contribution is -2.32. The molecule has 0 fully saturated rings. The average molecular weight is 361 g/mol. The van der Waals surface area contributed by atoms with Gasteiger partial charge in [-0.1, -0.05) is 11.6 Å². The molecule has 0 aliphatic rings. The van der Waals surface area contributed by atoms with E-state index in [4.69, 9.17) is 16.3 Å². The summed E-state index contributed by atoms with van der Waals surface area (Å²) < 4.78 is 5.01. The number of fused-ring (bicyclic) bond motifs is 1. The molecular weight excluding hydrogens is 344 g/mol. The van der Waals surface area contributed by atoms with Crippen LogP contribution in [-0.2, 0) is 11.3 Å². The Morgan fingerprint density at radius 2 is 2.16 bits per heavy atom. The smallest absolute Gasteiger partial charge is 0.248 e. The van der Waals surface area contributed by atoms with Crippen molar-refractivity contribution in [2.24, 2.45) is 0 Å². The first-order chi connectivity index (χ1) is 12.0. The zero-order chi connectivity index (χ0) is 18.0.